The Labute approximate surface area is 196 Å². The van der Waals surface area contributed by atoms with Gasteiger partial charge in [0.05, 0.1) is 22.4 Å². The van der Waals surface area contributed by atoms with Crippen molar-refractivity contribution < 1.29 is 26.4 Å². The fraction of sp³-hybridized carbons (Fsp3) is 0.0909. The number of hydrogen-bond acceptors (Lipinski definition) is 4. The van der Waals surface area contributed by atoms with E-state index in [9.17, 15) is 26.4 Å². The van der Waals surface area contributed by atoms with Crippen LogP contribution >= 0.6 is 15.9 Å². The van der Waals surface area contributed by atoms with Gasteiger partial charge in [0.1, 0.15) is 6.54 Å². The van der Waals surface area contributed by atoms with Gasteiger partial charge in [-0.3, -0.25) is 9.10 Å². The fourth-order valence-electron chi connectivity index (χ4n) is 2.79. The van der Waals surface area contributed by atoms with Crippen LogP contribution in [0.4, 0.5) is 18.9 Å². The van der Waals surface area contributed by atoms with Gasteiger partial charge < -0.3 is 0 Å². The van der Waals surface area contributed by atoms with Crippen molar-refractivity contribution in [3.8, 4) is 0 Å². The number of hydrogen-bond donors (Lipinski definition) is 1. The molecule has 0 atom stereocenters. The highest BCUT2D eigenvalue weighted by Crippen LogP contribution is 2.33. The summed E-state index contributed by atoms with van der Waals surface area (Å²) in [5.41, 5.74) is 1.52. The predicted molar refractivity (Wildman–Crippen MR) is 122 cm³/mol. The summed E-state index contributed by atoms with van der Waals surface area (Å²) in [4.78, 5) is 12.3. The molecule has 0 bridgehead atoms. The lowest BCUT2D eigenvalue weighted by Gasteiger charge is -2.24. The third-order valence-corrected chi connectivity index (χ3v) is 6.89. The van der Waals surface area contributed by atoms with Crippen LogP contribution in [0.25, 0.3) is 0 Å². The van der Waals surface area contributed by atoms with Crippen LogP contribution < -0.4 is 9.73 Å². The van der Waals surface area contributed by atoms with Gasteiger partial charge in [0.25, 0.3) is 15.9 Å². The zero-order valence-electron chi connectivity index (χ0n) is 16.8. The lowest BCUT2D eigenvalue weighted by Crippen LogP contribution is -2.39. The summed E-state index contributed by atoms with van der Waals surface area (Å²) in [6, 6.07) is 17.9. The fourth-order valence-corrected chi connectivity index (χ4v) is 4.61. The van der Waals surface area contributed by atoms with Crippen LogP contribution in [0.2, 0.25) is 0 Å². The Kier molecular flexibility index (Phi) is 7.54. The van der Waals surface area contributed by atoms with Crippen LogP contribution in [-0.4, -0.2) is 27.1 Å². The maximum atomic E-state index is 13.2. The van der Waals surface area contributed by atoms with Gasteiger partial charge in [0.15, 0.2) is 0 Å². The van der Waals surface area contributed by atoms with E-state index < -0.39 is 34.2 Å². The number of carbonyl (C=O) groups excluding carboxylic acids is 1. The molecule has 0 unspecified atom stereocenters. The van der Waals surface area contributed by atoms with Crippen LogP contribution in [-0.2, 0) is 21.0 Å². The van der Waals surface area contributed by atoms with E-state index in [1.165, 1.54) is 36.5 Å². The minimum atomic E-state index is -4.69. The molecule has 0 heterocycles. The average molecular weight is 540 g/mol. The summed E-state index contributed by atoms with van der Waals surface area (Å²) in [6.07, 6.45) is -3.34. The highest BCUT2D eigenvalue weighted by atomic mass is 79.9. The first-order valence-corrected chi connectivity index (χ1v) is 11.6. The van der Waals surface area contributed by atoms with Gasteiger partial charge in [-0.25, -0.2) is 13.8 Å². The molecule has 0 fully saturated rings. The Morgan fingerprint density at radius 1 is 1.00 bits per heavy atom. The number of hydrazone groups is 1. The second-order valence-corrected chi connectivity index (χ2v) is 9.40. The normalized spacial score (nSPS) is 12.0. The molecular formula is C22H17BrF3N3O3S. The van der Waals surface area contributed by atoms with Crippen LogP contribution in [0.1, 0.15) is 11.1 Å². The number of sulfonamides is 1. The van der Waals surface area contributed by atoms with E-state index in [2.05, 4.69) is 26.5 Å². The van der Waals surface area contributed by atoms with Crippen molar-refractivity contribution in [2.75, 3.05) is 10.8 Å². The Morgan fingerprint density at radius 3 is 2.33 bits per heavy atom. The number of benzene rings is 3. The molecule has 33 heavy (non-hydrogen) atoms. The molecule has 0 aromatic heterocycles. The number of nitrogens with zero attached hydrogens (tertiary/aromatic N) is 2. The summed E-state index contributed by atoms with van der Waals surface area (Å²) in [6.45, 7) is -0.786. The minimum Gasteiger partial charge on any atom is -0.271 e. The van der Waals surface area contributed by atoms with Crippen molar-refractivity contribution in [3.05, 3.63) is 94.5 Å². The molecule has 3 aromatic carbocycles. The number of halogens is 4. The molecule has 11 heteroatoms. The Hall–Kier alpha value is -3.18. The lowest BCUT2D eigenvalue weighted by molar-refractivity contribution is -0.137. The molecule has 1 amide bonds. The van der Waals surface area contributed by atoms with Crippen molar-refractivity contribution in [3.63, 3.8) is 0 Å². The van der Waals surface area contributed by atoms with Gasteiger partial charge in [-0.05, 0) is 36.4 Å². The molecule has 1 N–H and O–H groups in total. The summed E-state index contributed by atoms with van der Waals surface area (Å²) < 4.78 is 67.3. The zero-order chi connectivity index (χ0) is 24.1. The molecule has 0 saturated heterocycles. The van der Waals surface area contributed by atoms with Crippen molar-refractivity contribution in [2.24, 2.45) is 5.10 Å². The van der Waals surface area contributed by atoms with Gasteiger partial charge in [-0.2, -0.15) is 18.3 Å². The Bertz CT molecular complexity index is 1270. The highest BCUT2D eigenvalue weighted by Gasteiger charge is 2.33. The zero-order valence-corrected chi connectivity index (χ0v) is 19.2. The van der Waals surface area contributed by atoms with E-state index in [1.807, 2.05) is 0 Å². The maximum Gasteiger partial charge on any atom is 0.416 e. The van der Waals surface area contributed by atoms with E-state index in [-0.39, 0.29) is 10.6 Å². The molecular weight excluding hydrogens is 523 g/mol. The van der Waals surface area contributed by atoms with E-state index in [0.29, 0.717) is 15.9 Å². The quantitative estimate of drug-likeness (QED) is 0.345. The molecule has 3 aromatic rings. The van der Waals surface area contributed by atoms with E-state index in [0.717, 1.165) is 16.6 Å². The lowest BCUT2D eigenvalue weighted by atomic mass is 10.2. The standard InChI is InChI=1S/C22H17BrF3N3O3S/c23-20-12-5-4-7-16(20)14-27-28-21(30)15-29(33(31,32)19-10-2-1-3-11-19)18-9-6-8-17(13-18)22(24,25)26/h1-14H,15H2,(H,28,30)/b27-14+. The average Bonchev–Trinajstić information content (AvgIpc) is 2.79. The first-order valence-electron chi connectivity index (χ1n) is 9.40. The SMILES string of the molecule is O=C(CN(c1cccc(C(F)(F)F)c1)S(=O)(=O)c1ccccc1)N/N=C/c1ccccc1Br. The largest absolute Gasteiger partial charge is 0.416 e. The molecule has 172 valence electrons. The third kappa shape index (κ3) is 6.20. The van der Waals surface area contributed by atoms with Gasteiger partial charge in [-0.1, -0.05) is 58.4 Å². The van der Waals surface area contributed by atoms with Crippen molar-refractivity contribution in [1.29, 1.82) is 0 Å². The first kappa shape index (κ1) is 24.5. The highest BCUT2D eigenvalue weighted by molar-refractivity contribution is 9.10. The minimum absolute atomic E-state index is 0.174. The monoisotopic (exact) mass is 539 g/mol. The maximum absolute atomic E-state index is 13.2. The van der Waals surface area contributed by atoms with Gasteiger partial charge >= 0.3 is 6.18 Å². The summed E-state index contributed by atoms with van der Waals surface area (Å²) >= 11 is 3.33. The van der Waals surface area contributed by atoms with Crippen molar-refractivity contribution >= 4 is 43.8 Å². The number of amides is 1. The van der Waals surface area contributed by atoms with E-state index in [4.69, 9.17) is 0 Å². The van der Waals surface area contributed by atoms with Crippen LogP contribution in [0.3, 0.4) is 0 Å². The number of carbonyl (C=O) groups is 1. The van der Waals surface area contributed by atoms with Gasteiger partial charge in [-0.15, -0.1) is 0 Å². The second kappa shape index (κ2) is 10.2. The summed E-state index contributed by atoms with van der Waals surface area (Å²) in [5, 5.41) is 3.80. The van der Waals surface area contributed by atoms with Crippen LogP contribution in [0.5, 0.6) is 0 Å². The second-order valence-electron chi connectivity index (χ2n) is 6.69. The topological polar surface area (TPSA) is 78.8 Å². The van der Waals surface area contributed by atoms with Crippen molar-refractivity contribution in [1.82, 2.24) is 5.43 Å². The Balaban J connectivity index is 1.91. The number of nitrogens with one attached hydrogen (secondary N) is 1. The van der Waals surface area contributed by atoms with Crippen molar-refractivity contribution in [2.45, 2.75) is 11.1 Å². The third-order valence-electron chi connectivity index (χ3n) is 4.38. The molecule has 0 radical (unpaired) electrons. The molecule has 0 aliphatic rings. The Morgan fingerprint density at radius 2 is 1.67 bits per heavy atom. The first-order chi connectivity index (χ1) is 15.6. The molecule has 0 spiro atoms. The smallest absolute Gasteiger partial charge is 0.271 e. The number of rotatable bonds is 7. The summed E-state index contributed by atoms with van der Waals surface area (Å²) in [5.74, 6) is -0.838. The van der Waals surface area contributed by atoms with Gasteiger partial charge in [0.2, 0.25) is 0 Å². The van der Waals surface area contributed by atoms with E-state index >= 15 is 0 Å². The molecule has 3 rings (SSSR count). The summed E-state index contributed by atoms with van der Waals surface area (Å²) in [7, 11) is -4.35. The molecule has 0 saturated carbocycles. The van der Waals surface area contributed by atoms with Crippen LogP contribution in [0.15, 0.2) is 93.3 Å². The molecule has 0 aliphatic carbocycles. The van der Waals surface area contributed by atoms with Crippen LogP contribution in [0, 0.1) is 0 Å². The number of alkyl halides is 3. The van der Waals surface area contributed by atoms with Gasteiger partial charge in [0, 0.05) is 10.0 Å². The molecule has 6 nitrogen and oxygen atoms in total. The predicted octanol–water partition coefficient (Wildman–Crippen LogP) is 4.81. The number of anilines is 1. The molecule has 0 aliphatic heterocycles. The van der Waals surface area contributed by atoms with E-state index in [1.54, 1.807) is 30.3 Å².